The van der Waals surface area contributed by atoms with Crippen molar-refractivity contribution in [1.82, 2.24) is 5.32 Å². The van der Waals surface area contributed by atoms with Gasteiger partial charge in [0.1, 0.15) is 4.88 Å². The molecule has 0 aromatic carbocycles. The van der Waals surface area contributed by atoms with Gasteiger partial charge in [-0.15, -0.1) is 11.3 Å². The largest absolute Gasteiger partial charge is 0.346 e. The van der Waals surface area contributed by atoms with Gasteiger partial charge in [0.25, 0.3) is 5.91 Å². The third kappa shape index (κ3) is 3.20. The highest BCUT2D eigenvalue weighted by Gasteiger charge is 2.21. The summed E-state index contributed by atoms with van der Waals surface area (Å²) in [6.07, 6.45) is 0. The Morgan fingerprint density at radius 1 is 1.71 bits per heavy atom. The summed E-state index contributed by atoms with van der Waals surface area (Å²) in [4.78, 5) is 12.6. The molecule has 2 nitrogen and oxygen atoms in total. The number of hydrogen-bond donors (Lipinski definition) is 1. The Labute approximate surface area is 110 Å². The Morgan fingerprint density at radius 2 is 2.36 bits per heavy atom. The lowest BCUT2D eigenvalue weighted by Crippen LogP contribution is -2.44. The molecule has 0 radical (unpaired) electrons. The van der Waals surface area contributed by atoms with Gasteiger partial charge >= 0.3 is 0 Å². The number of carbonyl (C=O) groups excluding carboxylic acids is 1. The summed E-state index contributed by atoms with van der Waals surface area (Å²) in [7, 11) is 0. The van der Waals surface area contributed by atoms with Crippen LogP contribution in [0.15, 0.2) is 11.4 Å². The van der Waals surface area contributed by atoms with Crippen LogP contribution in [0.25, 0.3) is 0 Å². The quantitative estimate of drug-likeness (QED) is 0.626. The molecule has 0 aliphatic rings. The predicted octanol–water partition coefficient (Wildman–Crippen LogP) is 3.26. The molecule has 5 heteroatoms. The van der Waals surface area contributed by atoms with E-state index < -0.39 is 0 Å². The number of carbonyl (C=O) groups is 1. The number of alkyl halides is 1. The molecule has 14 heavy (non-hydrogen) atoms. The minimum Gasteiger partial charge on any atom is -0.346 e. The fraction of sp³-hybridized carbons (Fsp3) is 0.444. The second-order valence-corrected chi connectivity index (χ2v) is 6.21. The number of rotatable bonds is 3. The Morgan fingerprint density at radius 3 is 2.79 bits per heavy atom. The van der Waals surface area contributed by atoms with E-state index in [1.807, 2.05) is 25.3 Å². The van der Waals surface area contributed by atoms with E-state index in [1.54, 1.807) is 0 Å². The average Bonchev–Trinajstić information content (AvgIpc) is 2.51. The topological polar surface area (TPSA) is 29.1 Å². The number of hydrogen-bond acceptors (Lipinski definition) is 2. The summed E-state index contributed by atoms with van der Waals surface area (Å²) < 4.78 is 1.01. The maximum Gasteiger partial charge on any atom is 0.262 e. The molecule has 1 amide bonds. The van der Waals surface area contributed by atoms with Gasteiger partial charge in [0.15, 0.2) is 0 Å². The van der Waals surface area contributed by atoms with Crippen LogP contribution < -0.4 is 5.32 Å². The predicted molar refractivity (Wildman–Crippen MR) is 72.4 cm³/mol. The molecule has 1 rings (SSSR count). The number of thiophene rings is 1. The van der Waals surface area contributed by atoms with E-state index >= 15 is 0 Å². The molecule has 1 N–H and O–H groups in total. The lowest BCUT2D eigenvalue weighted by molar-refractivity contribution is 0.0924. The second kappa shape index (κ2) is 4.94. The van der Waals surface area contributed by atoms with Crippen LogP contribution in [0.2, 0.25) is 0 Å². The van der Waals surface area contributed by atoms with Crippen molar-refractivity contribution in [3.63, 3.8) is 0 Å². The second-order valence-electron chi connectivity index (χ2n) is 3.57. The highest BCUT2D eigenvalue weighted by Crippen LogP contribution is 2.19. The first-order valence-electron chi connectivity index (χ1n) is 4.08. The first-order valence-corrected chi connectivity index (χ1v) is 7.16. The van der Waals surface area contributed by atoms with Crippen molar-refractivity contribution >= 4 is 55.8 Å². The SMILES string of the molecule is CC(C)(CBr)NC(=O)c1sccc1I. The number of halogens is 2. The van der Waals surface area contributed by atoms with E-state index in [-0.39, 0.29) is 11.4 Å². The van der Waals surface area contributed by atoms with Gasteiger partial charge in [-0.3, -0.25) is 4.79 Å². The van der Waals surface area contributed by atoms with Gasteiger partial charge in [0, 0.05) is 14.4 Å². The zero-order valence-electron chi connectivity index (χ0n) is 7.93. The van der Waals surface area contributed by atoms with Gasteiger partial charge in [0.2, 0.25) is 0 Å². The maximum absolute atomic E-state index is 11.8. The zero-order valence-corrected chi connectivity index (χ0v) is 12.5. The number of amides is 1. The Balaban J connectivity index is 2.73. The van der Waals surface area contributed by atoms with E-state index in [1.165, 1.54) is 11.3 Å². The van der Waals surface area contributed by atoms with Crippen LogP contribution in [0.3, 0.4) is 0 Å². The molecule has 0 bridgehead atoms. The highest BCUT2D eigenvalue weighted by molar-refractivity contribution is 14.1. The van der Waals surface area contributed by atoms with E-state index in [2.05, 4.69) is 43.8 Å². The molecule has 0 saturated carbocycles. The summed E-state index contributed by atoms with van der Waals surface area (Å²) in [6, 6.07) is 1.95. The van der Waals surface area contributed by atoms with Crippen molar-refractivity contribution in [1.29, 1.82) is 0 Å². The maximum atomic E-state index is 11.8. The van der Waals surface area contributed by atoms with Crippen molar-refractivity contribution in [2.24, 2.45) is 0 Å². The van der Waals surface area contributed by atoms with Gasteiger partial charge < -0.3 is 5.32 Å². The van der Waals surface area contributed by atoms with Gasteiger partial charge in [-0.05, 0) is 47.9 Å². The molecule has 78 valence electrons. The minimum absolute atomic E-state index is 0.00819. The molecule has 0 aliphatic carbocycles. The van der Waals surface area contributed by atoms with Crippen molar-refractivity contribution < 1.29 is 4.79 Å². The van der Waals surface area contributed by atoms with Crippen molar-refractivity contribution in [2.75, 3.05) is 5.33 Å². The molecule has 0 unspecified atom stereocenters. The van der Waals surface area contributed by atoms with Crippen LogP contribution in [-0.2, 0) is 0 Å². The van der Waals surface area contributed by atoms with Crippen molar-refractivity contribution in [2.45, 2.75) is 19.4 Å². The summed E-state index contributed by atoms with van der Waals surface area (Å²) in [5, 5.41) is 5.64. The van der Waals surface area contributed by atoms with E-state index in [9.17, 15) is 4.79 Å². The Bertz CT molecular complexity index is 337. The van der Waals surface area contributed by atoms with Crippen molar-refractivity contribution in [3.8, 4) is 0 Å². The van der Waals surface area contributed by atoms with E-state index in [0.717, 1.165) is 13.8 Å². The van der Waals surface area contributed by atoms with Crippen LogP contribution in [0, 0.1) is 3.57 Å². The Hall–Kier alpha value is 0.380. The van der Waals surface area contributed by atoms with Crippen LogP contribution in [0.1, 0.15) is 23.5 Å². The van der Waals surface area contributed by atoms with Gasteiger partial charge in [-0.2, -0.15) is 0 Å². The summed E-state index contributed by atoms with van der Waals surface area (Å²) in [5.41, 5.74) is -0.204. The zero-order chi connectivity index (χ0) is 10.8. The van der Waals surface area contributed by atoms with Crippen LogP contribution in [0.5, 0.6) is 0 Å². The fourth-order valence-electron chi connectivity index (χ4n) is 0.853. The molecule has 0 saturated heterocycles. The van der Waals surface area contributed by atoms with Crippen LogP contribution in [0.4, 0.5) is 0 Å². The molecule has 1 heterocycles. The smallest absolute Gasteiger partial charge is 0.262 e. The first kappa shape index (κ1) is 12.4. The molecule has 0 aliphatic heterocycles. The van der Waals surface area contributed by atoms with Crippen LogP contribution in [-0.4, -0.2) is 16.8 Å². The molecule has 1 aromatic rings. The fourth-order valence-corrected chi connectivity index (χ4v) is 2.72. The van der Waals surface area contributed by atoms with E-state index in [0.29, 0.717) is 0 Å². The average molecular weight is 388 g/mol. The molecule has 0 fully saturated rings. The molecular weight excluding hydrogens is 377 g/mol. The minimum atomic E-state index is -0.204. The van der Waals surface area contributed by atoms with Gasteiger partial charge in [-0.1, -0.05) is 15.9 Å². The monoisotopic (exact) mass is 387 g/mol. The normalized spacial score (nSPS) is 11.4. The van der Waals surface area contributed by atoms with E-state index in [4.69, 9.17) is 0 Å². The summed E-state index contributed by atoms with van der Waals surface area (Å²) in [6.45, 7) is 3.97. The van der Waals surface area contributed by atoms with Gasteiger partial charge in [0.05, 0.1) is 0 Å². The third-order valence-electron chi connectivity index (χ3n) is 1.61. The van der Waals surface area contributed by atoms with Crippen molar-refractivity contribution in [3.05, 3.63) is 19.9 Å². The number of nitrogens with one attached hydrogen (secondary N) is 1. The first-order chi connectivity index (χ1) is 6.46. The molecule has 0 atom stereocenters. The summed E-state index contributed by atoms with van der Waals surface area (Å²) in [5.74, 6) is 0.00819. The highest BCUT2D eigenvalue weighted by atomic mass is 127. The lowest BCUT2D eigenvalue weighted by Gasteiger charge is -2.23. The van der Waals surface area contributed by atoms with Gasteiger partial charge in [-0.25, -0.2) is 0 Å². The van der Waals surface area contributed by atoms with Crippen LogP contribution >= 0.6 is 49.9 Å². The third-order valence-corrected chi connectivity index (χ3v) is 5.19. The standard InChI is InChI=1S/C9H11BrINOS/c1-9(2,5-10)12-8(13)7-6(11)3-4-14-7/h3-4H,5H2,1-2H3,(H,12,13). The summed E-state index contributed by atoms with van der Waals surface area (Å²) >= 11 is 7.01. The Kier molecular flexibility index (Phi) is 4.39. The molecule has 1 aromatic heterocycles. The molecular formula is C9H11BrINOS. The molecule has 0 spiro atoms. The lowest BCUT2D eigenvalue weighted by atomic mass is 10.1.